The number of ether oxygens (including phenoxy) is 1. The van der Waals surface area contributed by atoms with E-state index < -0.39 is 0 Å². The molecule has 1 aromatic heterocycles. The van der Waals surface area contributed by atoms with Crippen LogP contribution >= 0.6 is 0 Å². The van der Waals surface area contributed by atoms with Crippen LogP contribution in [0.3, 0.4) is 0 Å². The Balaban J connectivity index is 1.85. The van der Waals surface area contributed by atoms with E-state index in [1.54, 1.807) is 12.4 Å². The van der Waals surface area contributed by atoms with Crippen LogP contribution in [-0.2, 0) is 4.74 Å². The van der Waals surface area contributed by atoms with Gasteiger partial charge in [0, 0.05) is 24.8 Å². The highest BCUT2D eigenvalue weighted by atomic mass is 16.5. The molecular formula is C11H13BN2O2. The highest BCUT2D eigenvalue weighted by Gasteiger charge is 2.49. The van der Waals surface area contributed by atoms with Crippen LogP contribution in [-0.4, -0.2) is 45.4 Å². The second-order valence-corrected chi connectivity index (χ2v) is 4.86. The molecule has 5 heteroatoms. The number of hydrogen-bond acceptors (Lipinski definition) is 4. The summed E-state index contributed by atoms with van der Waals surface area (Å²) in [5.74, 6) is 0. The number of carbonyl (C=O) groups is 1. The minimum absolute atomic E-state index is 0.365. The zero-order chi connectivity index (χ0) is 11.2. The minimum Gasteiger partial charge on any atom is -0.380 e. The van der Waals surface area contributed by atoms with Crippen LogP contribution in [0.5, 0.6) is 0 Å². The molecule has 2 fully saturated rings. The van der Waals surface area contributed by atoms with Crippen molar-refractivity contribution >= 4 is 25.3 Å². The Hall–Kier alpha value is -1.36. The molecule has 1 spiro atoms. The van der Waals surface area contributed by atoms with Crippen LogP contribution in [0.4, 0.5) is 5.69 Å². The Bertz CT molecular complexity index is 438. The fraction of sp³-hybridized carbons (Fsp3) is 0.455. The largest absolute Gasteiger partial charge is 0.380 e. The Morgan fingerprint density at radius 1 is 1.44 bits per heavy atom. The first-order valence-electron chi connectivity index (χ1n) is 5.47. The first-order chi connectivity index (χ1) is 7.74. The SMILES string of the molecule is Bc1cncc(N2CC3(COC3)C2)c1C=O. The lowest BCUT2D eigenvalue weighted by Crippen LogP contribution is -2.66. The van der Waals surface area contributed by atoms with E-state index in [9.17, 15) is 4.79 Å². The molecule has 3 rings (SSSR count). The van der Waals surface area contributed by atoms with Gasteiger partial charge in [0.25, 0.3) is 0 Å². The maximum atomic E-state index is 11.1. The van der Waals surface area contributed by atoms with Gasteiger partial charge < -0.3 is 9.64 Å². The van der Waals surface area contributed by atoms with E-state index in [1.807, 2.05) is 7.85 Å². The van der Waals surface area contributed by atoms with Crippen molar-refractivity contribution in [2.75, 3.05) is 31.2 Å². The van der Waals surface area contributed by atoms with E-state index in [4.69, 9.17) is 4.74 Å². The molecule has 0 unspecified atom stereocenters. The molecule has 0 amide bonds. The van der Waals surface area contributed by atoms with Crippen molar-refractivity contribution in [3.63, 3.8) is 0 Å². The van der Waals surface area contributed by atoms with Crippen molar-refractivity contribution in [2.24, 2.45) is 5.41 Å². The normalized spacial score (nSPS) is 21.4. The molecule has 0 radical (unpaired) electrons. The third-order valence-electron chi connectivity index (χ3n) is 3.49. The summed E-state index contributed by atoms with van der Waals surface area (Å²) in [4.78, 5) is 17.4. The lowest BCUT2D eigenvalue weighted by atomic mass is 9.77. The zero-order valence-corrected chi connectivity index (χ0v) is 9.27. The predicted molar refractivity (Wildman–Crippen MR) is 63.3 cm³/mol. The van der Waals surface area contributed by atoms with Crippen molar-refractivity contribution in [3.05, 3.63) is 18.0 Å². The van der Waals surface area contributed by atoms with Crippen molar-refractivity contribution in [2.45, 2.75) is 0 Å². The summed E-state index contributed by atoms with van der Waals surface area (Å²) in [7, 11) is 1.92. The summed E-state index contributed by atoms with van der Waals surface area (Å²) < 4.78 is 5.23. The molecule has 2 aliphatic rings. The molecule has 3 heterocycles. The van der Waals surface area contributed by atoms with E-state index in [2.05, 4.69) is 9.88 Å². The van der Waals surface area contributed by atoms with Crippen molar-refractivity contribution in [1.29, 1.82) is 0 Å². The standard InChI is InChI=1S/C11H13BN2O2/c12-9-1-13-2-10(8(9)3-15)14-4-11(5-14)6-16-7-11/h1-3H,4-7,12H2. The molecular weight excluding hydrogens is 203 g/mol. The maximum Gasteiger partial charge on any atom is 0.151 e. The van der Waals surface area contributed by atoms with E-state index >= 15 is 0 Å². The maximum absolute atomic E-state index is 11.1. The van der Waals surface area contributed by atoms with Gasteiger partial charge in [-0.1, -0.05) is 5.46 Å². The highest BCUT2D eigenvalue weighted by molar-refractivity contribution is 6.36. The van der Waals surface area contributed by atoms with E-state index in [1.165, 1.54) is 0 Å². The van der Waals surface area contributed by atoms with Crippen LogP contribution in [0.15, 0.2) is 12.4 Å². The zero-order valence-electron chi connectivity index (χ0n) is 9.27. The lowest BCUT2D eigenvalue weighted by Gasteiger charge is -2.56. The van der Waals surface area contributed by atoms with Gasteiger partial charge in [0.05, 0.1) is 30.5 Å². The van der Waals surface area contributed by atoms with Gasteiger partial charge in [-0.25, -0.2) is 0 Å². The first-order valence-corrected chi connectivity index (χ1v) is 5.47. The summed E-state index contributed by atoms with van der Waals surface area (Å²) in [6, 6.07) is 0. The van der Waals surface area contributed by atoms with Crippen molar-refractivity contribution in [3.8, 4) is 0 Å². The van der Waals surface area contributed by atoms with Gasteiger partial charge in [-0.15, -0.1) is 0 Å². The number of anilines is 1. The molecule has 0 bridgehead atoms. The van der Waals surface area contributed by atoms with Crippen LogP contribution in [0.1, 0.15) is 10.4 Å². The van der Waals surface area contributed by atoms with Gasteiger partial charge in [-0.05, 0) is 0 Å². The third kappa shape index (κ3) is 1.28. The summed E-state index contributed by atoms with van der Waals surface area (Å²) in [6.45, 7) is 3.69. The smallest absolute Gasteiger partial charge is 0.151 e. The Morgan fingerprint density at radius 3 is 2.75 bits per heavy atom. The van der Waals surface area contributed by atoms with Crippen molar-refractivity contribution in [1.82, 2.24) is 4.98 Å². The van der Waals surface area contributed by atoms with E-state index in [-0.39, 0.29) is 0 Å². The molecule has 0 N–H and O–H groups in total. The number of hydrogen-bond donors (Lipinski definition) is 0. The highest BCUT2D eigenvalue weighted by Crippen LogP contribution is 2.40. The monoisotopic (exact) mass is 216 g/mol. The molecule has 0 atom stereocenters. The second kappa shape index (κ2) is 3.32. The summed E-state index contributed by atoms with van der Waals surface area (Å²) in [6.07, 6.45) is 4.44. The van der Waals surface area contributed by atoms with Crippen LogP contribution < -0.4 is 10.4 Å². The summed E-state index contributed by atoms with van der Waals surface area (Å²) >= 11 is 0. The van der Waals surface area contributed by atoms with Gasteiger partial charge in [0.1, 0.15) is 7.85 Å². The molecule has 0 saturated carbocycles. The Morgan fingerprint density at radius 2 is 2.19 bits per heavy atom. The first kappa shape index (κ1) is 9.84. The van der Waals surface area contributed by atoms with Crippen LogP contribution in [0.2, 0.25) is 0 Å². The molecule has 4 nitrogen and oxygen atoms in total. The van der Waals surface area contributed by atoms with E-state index in [0.717, 1.165) is 49.3 Å². The molecule has 1 aromatic rings. The van der Waals surface area contributed by atoms with E-state index in [0.29, 0.717) is 5.41 Å². The average Bonchev–Trinajstić information content (AvgIpc) is 2.13. The van der Waals surface area contributed by atoms with Gasteiger partial charge in [-0.3, -0.25) is 9.78 Å². The average molecular weight is 216 g/mol. The predicted octanol–water partition coefficient (Wildman–Crippen LogP) is -1.01. The Labute approximate surface area is 95.0 Å². The molecule has 16 heavy (non-hydrogen) atoms. The fourth-order valence-corrected chi connectivity index (χ4v) is 2.47. The molecule has 0 aliphatic carbocycles. The summed E-state index contributed by atoms with van der Waals surface area (Å²) in [5.41, 5.74) is 3.04. The van der Waals surface area contributed by atoms with Gasteiger partial charge >= 0.3 is 0 Å². The number of nitrogens with zero attached hydrogens (tertiary/aromatic N) is 2. The van der Waals surface area contributed by atoms with Gasteiger partial charge in [-0.2, -0.15) is 0 Å². The number of pyridine rings is 1. The van der Waals surface area contributed by atoms with Crippen LogP contribution in [0, 0.1) is 5.41 Å². The van der Waals surface area contributed by atoms with Crippen molar-refractivity contribution < 1.29 is 9.53 Å². The number of rotatable bonds is 2. The number of carbonyl (C=O) groups excluding carboxylic acids is 1. The second-order valence-electron chi connectivity index (χ2n) is 4.86. The lowest BCUT2D eigenvalue weighted by molar-refractivity contribution is -0.127. The molecule has 0 aromatic carbocycles. The number of aromatic nitrogens is 1. The van der Waals surface area contributed by atoms with Gasteiger partial charge in [0.2, 0.25) is 0 Å². The third-order valence-corrected chi connectivity index (χ3v) is 3.49. The molecule has 2 aliphatic heterocycles. The number of aldehydes is 1. The fourth-order valence-electron chi connectivity index (χ4n) is 2.47. The quantitative estimate of drug-likeness (QED) is 0.469. The van der Waals surface area contributed by atoms with Crippen LogP contribution in [0.25, 0.3) is 0 Å². The Kier molecular flexibility index (Phi) is 2.04. The molecule has 2 saturated heterocycles. The topological polar surface area (TPSA) is 42.4 Å². The minimum atomic E-state index is 0.365. The molecule has 82 valence electrons. The van der Waals surface area contributed by atoms with Gasteiger partial charge in [0.15, 0.2) is 6.29 Å². The summed E-state index contributed by atoms with van der Waals surface area (Å²) in [5, 5.41) is 0.